The summed E-state index contributed by atoms with van der Waals surface area (Å²) in [6.07, 6.45) is 1.86. The number of nitrogens with one attached hydrogen (secondary N) is 1. The van der Waals surface area contributed by atoms with Gasteiger partial charge >= 0.3 is 5.69 Å². The van der Waals surface area contributed by atoms with E-state index in [9.17, 15) is 14.9 Å². The lowest BCUT2D eigenvalue weighted by atomic mass is 10.2. The third-order valence-corrected chi connectivity index (χ3v) is 2.72. The Kier molecular flexibility index (Phi) is 5.65. The van der Waals surface area contributed by atoms with Gasteiger partial charge in [0.2, 0.25) is 5.15 Å². The minimum Gasteiger partial charge on any atom is -0.385 e. The van der Waals surface area contributed by atoms with Gasteiger partial charge in [0.05, 0.1) is 4.92 Å². The Morgan fingerprint density at radius 2 is 2.37 bits per heavy atom. The van der Waals surface area contributed by atoms with Crippen LogP contribution in [0, 0.1) is 10.1 Å². The first-order valence-corrected chi connectivity index (χ1v) is 5.93. The van der Waals surface area contributed by atoms with Gasteiger partial charge in [-0.2, -0.15) is 0 Å². The number of nitro groups is 1. The van der Waals surface area contributed by atoms with Crippen molar-refractivity contribution in [3.8, 4) is 0 Å². The van der Waals surface area contributed by atoms with Crippen molar-refractivity contribution in [1.29, 1.82) is 0 Å². The summed E-state index contributed by atoms with van der Waals surface area (Å²) in [5, 5.41) is 13.2. The molecule has 1 amide bonds. The molecular weight excluding hydrogens is 274 g/mol. The molecule has 8 heteroatoms. The van der Waals surface area contributed by atoms with E-state index in [0.717, 1.165) is 0 Å². The first-order valence-electron chi connectivity index (χ1n) is 5.56. The molecule has 19 heavy (non-hydrogen) atoms. The summed E-state index contributed by atoms with van der Waals surface area (Å²) >= 11 is 5.64. The average Bonchev–Trinajstić information content (AvgIpc) is 2.35. The van der Waals surface area contributed by atoms with E-state index in [1.807, 2.05) is 0 Å². The number of rotatable bonds is 6. The summed E-state index contributed by atoms with van der Waals surface area (Å²) in [6.45, 7) is 2.27. The van der Waals surface area contributed by atoms with Gasteiger partial charge in [0.15, 0.2) is 0 Å². The molecule has 0 aliphatic rings. The molecule has 1 aromatic heterocycles. The van der Waals surface area contributed by atoms with Crippen LogP contribution in [-0.4, -0.2) is 35.6 Å². The van der Waals surface area contributed by atoms with Crippen LogP contribution in [0.4, 0.5) is 5.69 Å². The summed E-state index contributed by atoms with van der Waals surface area (Å²) in [4.78, 5) is 25.7. The fraction of sp³-hybridized carbons (Fsp3) is 0.455. The van der Waals surface area contributed by atoms with E-state index < -0.39 is 16.5 Å². The van der Waals surface area contributed by atoms with E-state index in [4.69, 9.17) is 16.3 Å². The van der Waals surface area contributed by atoms with Gasteiger partial charge in [0.1, 0.15) is 5.56 Å². The quantitative estimate of drug-likeness (QED) is 0.489. The van der Waals surface area contributed by atoms with Crippen molar-refractivity contribution in [1.82, 2.24) is 10.3 Å². The van der Waals surface area contributed by atoms with Gasteiger partial charge in [0, 0.05) is 26.0 Å². The number of hydrogen-bond acceptors (Lipinski definition) is 5. The minimum absolute atomic E-state index is 0.103. The second kappa shape index (κ2) is 7.01. The summed E-state index contributed by atoms with van der Waals surface area (Å²) in [6, 6.07) is 1.10. The maximum Gasteiger partial charge on any atom is 0.319 e. The SMILES string of the molecule is COCCC(C)NC(=O)c1ccnc(Cl)c1[N+](=O)[O-]. The van der Waals surface area contributed by atoms with Crippen LogP contribution < -0.4 is 5.32 Å². The molecule has 0 aromatic carbocycles. The van der Waals surface area contributed by atoms with Crippen LogP contribution in [0.25, 0.3) is 0 Å². The molecule has 1 atom stereocenters. The highest BCUT2D eigenvalue weighted by Crippen LogP contribution is 2.25. The maximum absolute atomic E-state index is 12.0. The summed E-state index contributed by atoms with van der Waals surface area (Å²) < 4.78 is 4.89. The zero-order chi connectivity index (χ0) is 14.4. The Morgan fingerprint density at radius 3 is 2.95 bits per heavy atom. The third-order valence-electron chi connectivity index (χ3n) is 2.44. The van der Waals surface area contributed by atoms with Gasteiger partial charge in [-0.05, 0) is 19.4 Å². The molecule has 0 aliphatic carbocycles. The van der Waals surface area contributed by atoms with E-state index in [2.05, 4.69) is 10.3 Å². The highest BCUT2D eigenvalue weighted by atomic mass is 35.5. The van der Waals surface area contributed by atoms with Crippen LogP contribution in [0.2, 0.25) is 5.15 Å². The first-order chi connectivity index (χ1) is 8.97. The number of halogens is 1. The highest BCUT2D eigenvalue weighted by molar-refractivity contribution is 6.32. The Hall–Kier alpha value is -1.73. The van der Waals surface area contributed by atoms with E-state index in [1.165, 1.54) is 12.3 Å². The lowest BCUT2D eigenvalue weighted by Crippen LogP contribution is -2.33. The second-order valence-corrected chi connectivity index (χ2v) is 4.27. The van der Waals surface area contributed by atoms with E-state index in [1.54, 1.807) is 14.0 Å². The smallest absolute Gasteiger partial charge is 0.319 e. The minimum atomic E-state index is -0.718. The fourth-order valence-corrected chi connectivity index (χ4v) is 1.68. The molecule has 1 unspecified atom stereocenters. The maximum atomic E-state index is 12.0. The molecule has 0 radical (unpaired) electrons. The van der Waals surface area contributed by atoms with Crippen molar-refractivity contribution in [3.05, 3.63) is 33.1 Å². The number of nitrogens with zero attached hydrogens (tertiary/aromatic N) is 2. The van der Waals surface area contributed by atoms with Crippen LogP contribution in [0.15, 0.2) is 12.3 Å². The molecule has 0 saturated carbocycles. The molecule has 1 N–H and O–H groups in total. The number of methoxy groups -OCH3 is 1. The number of hydrogen-bond donors (Lipinski definition) is 1. The Bertz CT molecular complexity index is 481. The van der Waals surface area contributed by atoms with Gasteiger partial charge < -0.3 is 10.1 Å². The molecule has 0 aliphatic heterocycles. The standard InChI is InChI=1S/C11H14ClN3O4/c1-7(4-6-19-2)14-11(16)8-3-5-13-10(12)9(8)15(17)18/h3,5,7H,4,6H2,1-2H3,(H,14,16). The topological polar surface area (TPSA) is 94.4 Å². The average molecular weight is 288 g/mol. The zero-order valence-corrected chi connectivity index (χ0v) is 11.3. The molecule has 0 spiro atoms. The van der Waals surface area contributed by atoms with Gasteiger partial charge in [-0.1, -0.05) is 11.6 Å². The number of aromatic nitrogens is 1. The van der Waals surface area contributed by atoms with E-state index >= 15 is 0 Å². The number of carbonyl (C=O) groups is 1. The van der Waals surface area contributed by atoms with Crippen molar-refractivity contribution < 1.29 is 14.5 Å². The molecule has 0 fully saturated rings. The number of amides is 1. The summed E-state index contributed by atoms with van der Waals surface area (Å²) in [5.74, 6) is -0.556. The van der Waals surface area contributed by atoms with Crippen LogP contribution in [0.5, 0.6) is 0 Å². The van der Waals surface area contributed by atoms with Crippen LogP contribution in [0.3, 0.4) is 0 Å². The molecule has 1 heterocycles. The molecule has 104 valence electrons. The fourth-order valence-electron chi connectivity index (χ4n) is 1.45. The van der Waals surface area contributed by atoms with Crippen molar-refractivity contribution in [2.75, 3.05) is 13.7 Å². The normalized spacial score (nSPS) is 11.9. The van der Waals surface area contributed by atoms with Gasteiger partial charge in [-0.15, -0.1) is 0 Å². The predicted molar refractivity (Wildman–Crippen MR) is 69.3 cm³/mol. The Morgan fingerprint density at radius 1 is 1.68 bits per heavy atom. The predicted octanol–water partition coefficient (Wildman–Crippen LogP) is 1.80. The largest absolute Gasteiger partial charge is 0.385 e. The van der Waals surface area contributed by atoms with Gasteiger partial charge in [0.25, 0.3) is 5.91 Å². The van der Waals surface area contributed by atoms with Gasteiger partial charge in [-0.25, -0.2) is 4.98 Å². The van der Waals surface area contributed by atoms with Crippen molar-refractivity contribution in [2.45, 2.75) is 19.4 Å². The van der Waals surface area contributed by atoms with Crippen molar-refractivity contribution >= 4 is 23.2 Å². The monoisotopic (exact) mass is 287 g/mol. The van der Waals surface area contributed by atoms with E-state index in [-0.39, 0.29) is 16.8 Å². The Labute approximate surface area is 115 Å². The first kappa shape index (κ1) is 15.3. The number of carbonyl (C=O) groups excluding carboxylic acids is 1. The van der Waals surface area contributed by atoms with Crippen LogP contribution >= 0.6 is 11.6 Å². The highest BCUT2D eigenvalue weighted by Gasteiger charge is 2.25. The van der Waals surface area contributed by atoms with Crippen LogP contribution in [-0.2, 0) is 4.74 Å². The van der Waals surface area contributed by atoms with Crippen molar-refractivity contribution in [3.63, 3.8) is 0 Å². The number of ether oxygens (including phenoxy) is 1. The van der Waals surface area contributed by atoms with Gasteiger partial charge in [-0.3, -0.25) is 14.9 Å². The summed E-state index contributed by atoms with van der Waals surface area (Å²) in [5.41, 5.74) is -0.588. The lowest BCUT2D eigenvalue weighted by molar-refractivity contribution is -0.385. The molecule has 0 bridgehead atoms. The zero-order valence-electron chi connectivity index (χ0n) is 10.6. The molecule has 0 saturated heterocycles. The van der Waals surface area contributed by atoms with Crippen LogP contribution in [0.1, 0.15) is 23.7 Å². The van der Waals surface area contributed by atoms with E-state index in [0.29, 0.717) is 13.0 Å². The number of pyridine rings is 1. The summed E-state index contributed by atoms with van der Waals surface area (Å²) in [7, 11) is 1.56. The third kappa shape index (κ3) is 4.15. The lowest BCUT2D eigenvalue weighted by Gasteiger charge is -2.13. The molecule has 1 aromatic rings. The molecule has 7 nitrogen and oxygen atoms in total. The van der Waals surface area contributed by atoms with Crippen molar-refractivity contribution in [2.24, 2.45) is 0 Å². The molecule has 1 rings (SSSR count). The Balaban J connectivity index is 2.88. The second-order valence-electron chi connectivity index (χ2n) is 3.91. The molecular formula is C11H14ClN3O4.